The number of carbonyl (C=O) groups is 1. The van der Waals surface area contributed by atoms with Gasteiger partial charge in [-0.3, -0.25) is 10.1 Å². The Hall–Kier alpha value is -2.60. The molecule has 1 aliphatic rings. The number of carbonyl (C=O) groups excluding carboxylic acids is 1. The smallest absolute Gasteiger partial charge is 0.339 e. The number of benzene rings is 2. The molecule has 0 bridgehead atoms. The van der Waals surface area contributed by atoms with Crippen LogP contribution in [-0.4, -0.2) is 50.4 Å². The van der Waals surface area contributed by atoms with Gasteiger partial charge in [0.1, 0.15) is 0 Å². The van der Waals surface area contributed by atoms with Gasteiger partial charge in [-0.15, -0.1) is 0 Å². The van der Waals surface area contributed by atoms with Crippen molar-refractivity contribution in [2.45, 2.75) is 90.7 Å². The van der Waals surface area contributed by atoms with Gasteiger partial charge in [-0.05, 0) is 81.8 Å². The number of ether oxygens (including phenoxy) is 2. The van der Waals surface area contributed by atoms with Gasteiger partial charge in [-0.1, -0.05) is 37.0 Å². The minimum absolute atomic E-state index is 0.0956. The quantitative estimate of drug-likeness (QED) is 0.189. The van der Waals surface area contributed by atoms with E-state index in [1.807, 2.05) is 34.6 Å². The highest BCUT2D eigenvalue weighted by atomic mass is 32.2. The van der Waals surface area contributed by atoms with Crippen LogP contribution in [0, 0.1) is 24.0 Å². The van der Waals surface area contributed by atoms with Crippen LogP contribution in [0.2, 0.25) is 19.6 Å². The molecule has 214 valence electrons. The minimum Gasteiger partial charge on any atom is -0.464 e. The van der Waals surface area contributed by atoms with Crippen LogP contribution in [0.3, 0.4) is 0 Å². The molecule has 0 amide bonds. The average molecular weight is 577 g/mol. The van der Waals surface area contributed by atoms with Crippen LogP contribution >= 0.6 is 0 Å². The van der Waals surface area contributed by atoms with E-state index in [9.17, 15) is 23.3 Å². The molecule has 0 N–H and O–H groups in total. The summed E-state index contributed by atoms with van der Waals surface area (Å²) in [7, 11) is -6.25. The van der Waals surface area contributed by atoms with E-state index in [2.05, 4.69) is 19.6 Å². The van der Waals surface area contributed by atoms with Crippen molar-refractivity contribution in [3.8, 4) is 0 Å². The molecule has 0 saturated carbocycles. The van der Waals surface area contributed by atoms with Crippen LogP contribution < -0.4 is 5.19 Å². The van der Waals surface area contributed by atoms with E-state index in [0.717, 1.165) is 33.0 Å². The molecule has 0 aliphatic carbocycles. The molecule has 0 spiro atoms. The lowest BCUT2D eigenvalue weighted by Gasteiger charge is -2.37. The first-order valence-corrected chi connectivity index (χ1v) is 18.1. The van der Waals surface area contributed by atoms with Crippen molar-refractivity contribution in [2.75, 3.05) is 13.2 Å². The molecule has 11 heteroatoms. The van der Waals surface area contributed by atoms with Crippen molar-refractivity contribution in [3.05, 3.63) is 62.2 Å². The summed E-state index contributed by atoms with van der Waals surface area (Å²) in [6.45, 7) is 18.5. The maximum absolute atomic E-state index is 13.6. The lowest BCUT2D eigenvalue weighted by atomic mass is 9.86. The average Bonchev–Trinajstić information content (AvgIpc) is 2.83. The number of nitro benzene ring substituents is 1. The zero-order chi connectivity index (χ0) is 29.5. The van der Waals surface area contributed by atoms with E-state index >= 15 is 0 Å². The Balaban J connectivity index is 2.23. The van der Waals surface area contributed by atoms with Crippen LogP contribution in [0.25, 0.3) is 0 Å². The molecule has 0 fully saturated rings. The summed E-state index contributed by atoms with van der Waals surface area (Å²) in [5, 5.41) is 12.6. The van der Waals surface area contributed by atoms with Crippen molar-refractivity contribution in [1.82, 2.24) is 4.31 Å². The monoisotopic (exact) mass is 576 g/mol. The molecular weight excluding hydrogens is 536 g/mol. The van der Waals surface area contributed by atoms with Gasteiger partial charge in [0.05, 0.1) is 25.2 Å². The SMILES string of the molecule is CCOC(=O)[C@@H](OC(C)(C)C)c1c(C)c2c(c(C)c1[Si](C)(C)C)CN(S(=O)(=O)c1ccccc1[N+](=O)[O-])CC2. The summed E-state index contributed by atoms with van der Waals surface area (Å²) in [5.74, 6) is -0.439. The molecule has 39 heavy (non-hydrogen) atoms. The van der Waals surface area contributed by atoms with Crippen molar-refractivity contribution in [2.24, 2.45) is 0 Å². The largest absolute Gasteiger partial charge is 0.464 e. The molecule has 2 aromatic carbocycles. The normalized spacial score (nSPS) is 15.5. The first-order valence-electron chi connectivity index (χ1n) is 13.1. The van der Waals surface area contributed by atoms with Crippen molar-refractivity contribution in [1.29, 1.82) is 0 Å². The molecule has 1 atom stereocenters. The second-order valence-electron chi connectivity index (χ2n) is 11.9. The topological polar surface area (TPSA) is 116 Å². The number of sulfonamides is 1. The fraction of sp³-hybridized carbons (Fsp3) is 0.536. The first kappa shape index (κ1) is 30.9. The zero-order valence-corrected chi connectivity index (χ0v) is 26.2. The molecule has 9 nitrogen and oxygen atoms in total. The van der Waals surface area contributed by atoms with Crippen LogP contribution in [0.4, 0.5) is 5.69 Å². The van der Waals surface area contributed by atoms with E-state index in [1.54, 1.807) is 6.92 Å². The van der Waals surface area contributed by atoms with Gasteiger partial charge >= 0.3 is 5.97 Å². The molecule has 2 aromatic rings. The minimum atomic E-state index is -4.13. The molecule has 3 rings (SSSR count). The predicted molar refractivity (Wildman–Crippen MR) is 154 cm³/mol. The van der Waals surface area contributed by atoms with Crippen molar-refractivity contribution >= 4 is 34.9 Å². The number of hydrogen-bond donors (Lipinski definition) is 0. The summed E-state index contributed by atoms with van der Waals surface area (Å²) in [6, 6.07) is 5.44. The zero-order valence-electron chi connectivity index (χ0n) is 24.4. The second kappa shape index (κ2) is 11.1. The Morgan fingerprint density at radius 1 is 1.13 bits per heavy atom. The van der Waals surface area contributed by atoms with Crippen molar-refractivity contribution in [3.63, 3.8) is 0 Å². The highest BCUT2D eigenvalue weighted by Gasteiger charge is 2.40. The number of fused-ring (bicyclic) bond motifs is 1. The fourth-order valence-electron chi connectivity index (χ4n) is 5.46. The first-order chi connectivity index (χ1) is 17.9. The Kier molecular flexibility index (Phi) is 8.81. The lowest BCUT2D eigenvalue weighted by molar-refractivity contribution is -0.387. The highest BCUT2D eigenvalue weighted by molar-refractivity contribution is 7.89. The number of esters is 1. The Bertz CT molecular complexity index is 1390. The molecule has 0 aromatic heterocycles. The van der Waals surface area contributed by atoms with Gasteiger partial charge in [0, 0.05) is 19.2 Å². The van der Waals surface area contributed by atoms with Gasteiger partial charge in [0.25, 0.3) is 5.69 Å². The van der Waals surface area contributed by atoms with E-state index in [-0.39, 0.29) is 24.6 Å². The highest BCUT2D eigenvalue weighted by Crippen LogP contribution is 2.37. The standard InChI is InChI=1S/C28H40N2O7SSi/c1-10-36-27(31)25(37-28(4,5)6)24-18(2)20-15-16-29(17-21(20)19(3)26(24)39(7,8)9)38(34,35)23-14-12-11-13-22(23)30(32)33/h11-14,25H,10,15-17H2,1-9H3/t25-/m0/s1. The summed E-state index contributed by atoms with van der Waals surface area (Å²) in [6.07, 6.45) is -0.504. The third-order valence-corrected chi connectivity index (χ3v) is 11.0. The van der Waals surface area contributed by atoms with E-state index in [0.29, 0.717) is 6.42 Å². The Morgan fingerprint density at radius 3 is 2.28 bits per heavy atom. The van der Waals surface area contributed by atoms with Crippen LogP contribution in [0.15, 0.2) is 29.2 Å². The second-order valence-corrected chi connectivity index (χ2v) is 18.8. The Morgan fingerprint density at radius 2 is 1.74 bits per heavy atom. The maximum atomic E-state index is 13.6. The van der Waals surface area contributed by atoms with E-state index in [4.69, 9.17) is 9.47 Å². The fourth-order valence-corrected chi connectivity index (χ4v) is 9.43. The van der Waals surface area contributed by atoms with Gasteiger partial charge in [-0.2, -0.15) is 4.31 Å². The molecule has 1 heterocycles. The third kappa shape index (κ3) is 6.26. The van der Waals surface area contributed by atoms with Gasteiger partial charge in [-0.25, -0.2) is 13.2 Å². The third-order valence-electron chi connectivity index (χ3n) is 6.93. The number of para-hydroxylation sites is 1. The lowest BCUT2D eigenvalue weighted by Crippen LogP contribution is -2.47. The van der Waals surface area contributed by atoms with Gasteiger partial charge < -0.3 is 9.47 Å². The molecular formula is C28H40N2O7SSi. The van der Waals surface area contributed by atoms with Crippen LogP contribution in [0.1, 0.15) is 61.6 Å². The molecule has 0 unspecified atom stereocenters. The number of nitro groups is 1. The van der Waals surface area contributed by atoms with Gasteiger partial charge in [0.2, 0.25) is 10.0 Å². The van der Waals surface area contributed by atoms with Gasteiger partial charge in [0.15, 0.2) is 11.0 Å². The van der Waals surface area contributed by atoms with E-state index in [1.165, 1.54) is 28.6 Å². The number of hydrogen-bond acceptors (Lipinski definition) is 7. The van der Waals surface area contributed by atoms with Crippen LogP contribution in [-0.2, 0) is 37.3 Å². The summed E-state index contributed by atoms with van der Waals surface area (Å²) in [5.41, 5.74) is 3.52. The number of rotatable bonds is 8. The maximum Gasteiger partial charge on any atom is 0.339 e. The van der Waals surface area contributed by atoms with E-state index < -0.39 is 46.4 Å². The Labute approximate surface area is 232 Å². The summed E-state index contributed by atoms with van der Waals surface area (Å²) >= 11 is 0. The molecule has 0 radical (unpaired) electrons. The number of nitrogens with zero attached hydrogens (tertiary/aromatic N) is 2. The summed E-state index contributed by atoms with van der Waals surface area (Å²) in [4.78, 5) is 23.9. The van der Waals surface area contributed by atoms with Crippen molar-refractivity contribution < 1.29 is 27.6 Å². The van der Waals surface area contributed by atoms with Crippen LogP contribution in [0.5, 0.6) is 0 Å². The molecule has 1 aliphatic heterocycles. The predicted octanol–water partition coefficient (Wildman–Crippen LogP) is 4.92. The molecule has 0 saturated heterocycles. The summed E-state index contributed by atoms with van der Waals surface area (Å²) < 4.78 is 40.4.